The van der Waals surface area contributed by atoms with Crippen molar-refractivity contribution in [2.24, 2.45) is 11.8 Å². The number of hydrogen-bond donors (Lipinski definition) is 0. The Morgan fingerprint density at radius 2 is 1.23 bits per heavy atom. The zero-order chi connectivity index (χ0) is 20.7. The van der Waals surface area contributed by atoms with Crippen LogP contribution >= 0.6 is 31.9 Å². The molecule has 0 unspecified atom stereocenters. The summed E-state index contributed by atoms with van der Waals surface area (Å²) in [6.45, 7) is 0.233. The van der Waals surface area contributed by atoms with Gasteiger partial charge in [-0.1, -0.05) is 86.5 Å². The molecule has 0 saturated carbocycles. The fourth-order valence-corrected chi connectivity index (χ4v) is 7.86. The summed E-state index contributed by atoms with van der Waals surface area (Å²) < 4.78 is -1.48. The monoisotopic (exact) mass is 522 g/mol. The molecule has 1 aromatic heterocycles. The van der Waals surface area contributed by atoms with E-state index in [2.05, 4.69) is 61.1 Å². The Morgan fingerprint density at radius 1 is 0.767 bits per heavy atom. The van der Waals surface area contributed by atoms with Gasteiger partial charge in [0.2, 0.25) is 11.8 Å². The van der Waals surface area contributed by atoms with Crippen molar-refractivity contribution >= 4 is 43.7 Å². The van der Waals surface area contributed by atoms with Gasteiger partial charge in [0, 0.05) is 12.4 Å². The summed E-state index contributed by atoms with van der Waals surface area (Å²) in [4.78, 5) is 33.0. The highest BCUT2D eigenvalue weighted by molar-refractivity contribution is 9.10. The van der Waals surface area contributed by atoms with E-state index in [1.807, 2.05) is 36.4 Å². The first-order chi connectivity index (χ1) is 14.5. The first-order valence-corrected chi connectivity index (χ1v) is 11.4. The van der Waals surface area contributed by atoms with E-state index in [4.69, 9.17) is 0 Å². The van der Waals surface area contributed by atoms with E-state index in [0.717, 1.165) is 27.8 Å². The smallest absolute Gasteiger partial charge is 0.235 e. The summed E-state index contributed by atoms with van der Waals surface area (Å²) >= 11 is 8.02. The maximum absolute atomic E-state index is 13.7. The number of carbonyl (C=O) groups is 2. The zero-order valence-electron chi connectivity index (χ0n) is 15.8. The second-order valence-electron chi connectivity index (χ2n) is 8.09. The fraction of sp³-hybridized carbons (Fsp3) is 0.208. The Hall–Kier alpha value is -2.31. The van der Waals surface area contributed by atoms with Gasteiger partial charge in [0.05, 0.1) is 27.0 Å². The van der Waals surface area contributed by atoms with Crippen LogP contribution in [0.2, 0.25) is 0 Å². The molecule has 2 aromatic carbocycles. The average molecular weight is 524 g/mol. The predicted molar refractivity (Wildman–Crippen MR) is 119 cm³/mol. The van der Waals surface area contributed by atoms with Crippen molar-refractivity contribution in [3.8, 4) is 0 Å². The van der Waals surface area contributed by atoms with Gasteiger partial charge in [-0.15, -0.1) is 0 Å². The van der Waals surface area contributed by atoms with Crippen molar-refractivity contribution in [3.63, 3.8) is 0 Å². The SMILES string of the molecule is O=C1[C@@H]2[C@H](C(=O)N1Cc1cccnc1)C1(Br)c3ccccc3C2(Br)c2ccccc21. The minimum Gasteiger partial charge on any atom is -0.277 e. The number of rotatable bonds is 2. The lowest BCUT2D eigenvalue weighted by molar-refractivity contribution is -0.140. The molecule has 148 valence electrons. The van der Waals surface area contributed by atoms with E-state index in [1.54, 1.807) is 12.4 Å². The quantitative estimate of drug-likeness (QED) is 0.367. The summed E-state index contributed by atoms with van der Waals surface area (Å²) in [6, 6.07) is 19.9. The molecule has 7 rings (SSSR count). The molecule has 4 aliphatic rings. The van der Waals surface area contributed by atoms with E-state index in [1.165, 1.54) is 4.90 Å². The van der Waals surface area contributed by atoms with Crippen LogP contribution in [-0.4, -0.2) is 21.7 Å². The number of nitrogens with zero attached hydrogens (tertiary/aromatic N) is 2. The molecule has 2 atom stereocenters. The maximum atomic E-state index is 13.7. The van der Waals surface area contributed by atoms with Crippen LogP contribution in [0.25, 0.3) is 0 Å². The van der Waals surface area contributed by atoms with Gasteiger partial charge in [-0.05, 0) is 33.9 Å². The molecule has 6 heteroatoms. The highest BCUT2D eigenvalue weighted by atomic mass is 79.9. The molecule has 3 aromatic rings. The Kier molecular flexibility index (Phi) is 3.76. The number of imide groups is 1. The van der Waals surface area contributed by atoms with Crippen LogP contribution in [0.1, 0.15) is 27.8 Å². The normalized spacial score (nSPS) is 30.8. The van der Waals surface area contributed by atoms with Gasteiger partial charge in [0.25, 0.3) is 0 Å². The second-order valence-corrected chi connectivity index (χ2v) is 10.6. The third-order valence-electron chi connectivity index (χ3n) is 6.74. The Bertz CT molecular complexity index is 1110. The van der Waals surface area contributed by atoms with Crippen LogP contribution < -0.4 is 0 Å². The average Bonchev–Trinajstić information content (AvgIpc) is 3.04. The first-order valence-electron chi connectivity index (χ1n) is 9.81. The van der Waals surface area contributed by atoms with Gasteiger partial charge in [-0.25, -0.2) is 0 Å². The highest BCUT2D eigenvalue weighted by Gasteiger charge is 2.72. The largest absolute Gasteiger partial charge is 0.277 e. The van der Waals surface area contributed by atoms with E-state index in [-0.39, 0.29) is 18.4 Å². The number of aromatic nitrogens is 1. The van der Waals surface area contributed by atoms with Crippen molar-refractivity contribution in [2.75, 3.05) is 0 Å². The number of likely N-dealkylation sites (tertiary alicyclic amines) is 1. The molecule has 30 heavy (non-hydrogen) atoms. The van der Waals surface area contributed by atoms with Gasteiger partial charge in [-0.2, -0.15) is 0 Å². The molecule has 4 nitrogen and oxygen atoms in total. The van der Waals surface area contributed by atoms with Gasteiger partial charge in [0.15, 0.2) is 0 Å². The number of carbonyl (C=O) groups excluding carboxylic acids is 2. The van der Waals surface area contributed by atoms with E-state index < -0.39 is 20.5 Å². The molecule has 0 radical (unpaired) electrons. The molecule has 1 fully saturated rings. The summed E-state index contributed by atoms with van der Waals surface area (Å²) in [5.41, 5.74) is 5.03. The predicted octanol–water partition coefficient (Wildman–Crippen LogP) is 4.49. The molecule has 2 heterocycles. The number of hydrogen-bond acceptors (Lipinski definition) is 3. The number of amides is 2. The second kappa shape index (κ2) is 6.11. The summed E-state index contributed by atoms with van der Waals surface area (Å²) in [6.07, 6.45) is 3.39. The van der Waals surface area contributed by atoms with Crippen molar-refractivity contribution in [2.45, 2.75) is 15.2 Å². The number of pyridine rings is 1. The highest BCUT2D eigenvalue weighted by Crippen LogP contribution is 2.70. The van der Waals surface area contributed by atoms with Gasteiger partial charge >= 0.3 is 0 Å². The fourth-order valence-electron chi connectivity index (χ4n) is 5.55. The summed E-state index contributed by atoms with van der Waals surface area (Å²) in [5, 5.41) is 0. The number of benzene rings is 2. The minimum absolute atomic E-state index is 0.140. The lowest BCUT2D eigenvalue weighted by atomic mass is 9.54. The van der Waals surface area contributed by atoms with E-state index in [0.29, 0.717) is 0 Å². The van der Waals surface area contributed by atoms with Crippen LogP contribution in [0.5, 0.6) is 0 Å². The van der Waals surface area contributed by atoms with Crippen molar-refractivity contribution in [1.29, 1.82) is 0 Å². The van der Waals surface area contributed by atoms with Crippen LogP contribution in [-0.2, 0) is 24.8 Å². The molecule has 2 amide bonds. The third kappa shape index (κ3) is 2.04. The third-order valence-corrected chi connectivity index (χ3v) is 9.44. The standard InChI is InChI=1S/C24H16Br2N2O2/c25-23-15-7-1-2-8-16(15)24(26,18-10-4-3-9-17(18)23)20-19(23)21(29)28(22(20)30)13-14-6-5-11-27-12-14/h1-12,19-20H,13H2/t19-,20+,23?,24?. The van der Waals surface area contributed by atoms with Gasteiger partial charge in [-0.3, -0.25) is 19.5 Å². The van der Waals surface area contributed by atoms with Crippen molar-refractivity contribution in [3.05, 3.63) is 101 Å². The van der Waals surface area contributed by atoms with Gasteiger partial charge in [0.1, 0.15) is 0 Å². The first kappa shape index (κ1) is 18.5. The number of halogens is 2. The van der Waals surface area contributed by atoms with Crippen molar-refractivity contribution in [1.82, 2.24) is 9.88 Å². The number of alkyl halides is 2. The minimum atomic E-state index is -0.739. The van der Waals surface area contributed by atoms with Gasteiger partial charge < -0.3 is 0 Å². The van der Waals surface area contributed by atoms with E-state index >= 15 is 0 Å². The zero-order valence-corrected chi connectivity index (χ0v) is 18.9. The molecular formula is C24H16Br2N2O2. The molecule has 2 bridgehead atoms. The molecule has 0 spiro atoms. The van der Waals surface area contributed by atoms with Crippen LogP contribution in [0, 0.1) is 11.8 Å². The lowest BCUT2D eigenvalue weighted by Crippen LogP contribution is -2.56. The Labute approximate surface area is 190 Å². The van der Waals surface area contributed by atoms with Crippen LogP contribution in [0.3, 0.4) is 0 Å². The van der Waals surface area contributed by atoms with Crippen LogP contribution in [0.15, 0.2) is 73.1 Å². The Morgan fingerprint density at radius 3 is 1.63 bits per heavy atom. The molecule has 0 N–H and O–H groups in total. The molecule has 3 aliphatic carbocycles. The topological polar surface area (TPSA) is 50.3 Å². The lowest BCUT2D eigenvalue weighted by Gasteiger charge is -2.55. The van der Waals surface area contributed by atoms with E-state index in [9.17, 15) is 9.59 Å². The molecular weight excluding hydrogens is 508 g/mol. The van der Waals surface area contributed by atoms with Crippen LogP contribution in [0.4, 0.5) is 0 Å². The maximum Gasteiger partial charge on any atom is 0.235 e. The molecule has 1 saturated heterocycles. The van der Waals surface area contributed by atoms with Crippen molar-refractivity contribution < 1.29 is 9.59 Å². The molecule has 1 aliphatic heterocycles. The summed E-state index contributed by atoms with van der Waals surface area (Å²) in [5.74, 6) is -1.33. The summed E-state index contributed by atoms with van der Waals surface area (Å²) in [7, 11) is 0. The Balaban J connectivity index is 1.59.